The molecule has 1 saturated carbocycles. The number of fused-ring (bicyclic) bond motifs is 1. The maximum atomic E-state index is 13.0. The van der Waals surface area contributed by atoms with E-state index >= 15 is 0 Å². The fraction of sp³-hybridized carbons (Fsp3) is 0.400. The van der Waals surface area contributed by atoms with Crippen LogP contribution in [0, 0.1) is 0 Å². The lowest BCUT2D eigenvalue weighted by Crippen LogP contribution is -2.26. The summed E-state index contributed by atoms with van der Waals surface area (Å²) in [6.07, 6.45) is 5.11. The molecule has 4 rings (SSSR count). The summed E-state index contributed by atoms with van der Waals surface area (Å²) < 4.78 is 18.5. The molecule has 1 unspecified atom stereocenters. The first-order chi connectivity index (χ1) is 15.1. The molecule has 164 valence electrons. The van der Waals surface area contributed by atoms with Crippen molar-refractivity contribution in [2.45, 2.75) is 44.2 Å². The molecule has 0 spiro atoms. The highest BCUT2D eigenvalue weighted by molar-refractivity contribution is 5.86. The number of rotatable bonds is 8. The molecule has 1 N–H and O–H groups in total. The summed E-state index contributed by atoms with van der Waals surface area (Å²) >= 11 is 0. The van der Waals surface area contributed by atoms with Crippen molar-refractivity contribution in [1.82, 2.24) is 4.57 Å². The zero-order valence-electron chi connectivity index (χ0n) is 18.0. The zero-order valence-corrected chi connectivity index (χ0v) is 18.0. The van der Waals surface area contributed by atoms with Crippen LogP contribution in [0.25, 0.3) is 10.8 Å². The van der Waals surface area contributed by atoms with E-state index < -0.39 is 6.04 Å². The molecule has 6 heteroatoms. The Bertz CT molecular complexity index is 1100. The molecule has 6 nitrogen and oxygen atoms in total. The first kappa shape index (κ1) is 21.2. The van der Waals surface area contributed by atoms with Crippen molar-refractivity contribution in [2.24, 2.45) is 0 Å². The normalized spacial score (nSPS) is 15.3. The Hall–Kier alpha value is -2.99. The standard InChI is InChI=1S/C25H29NO5/c1-29-14-13-21(26-24(27)16-17-7-3-6-10-20(17)25(26)28)18-11-12-22(30-2)23(15-18)31-19-8-4-5-9-19/h3,6-7,10-12,15-16,19,21,28H,4-5,8-9,13-14H2,1-2H3. The maximum absolute atomic E-state index is 13.0. The molecule has 1 aromatic heterocycles. The Morgan fingerprint density at radius 2 is 1.84 bits per heavy atom. The SMILES string of the molecule is COCCC(c1ccc(OC)c(OC2CCCC2)c1)n1c(O)c2ccccc2cc1=O. The van der Waals surface area contributed by atoms with Crippen LogP contribution in [0.3, 0.4) is 0 Å². The van der Waals surface area contributed by atoms with Gasteiger partial charge in [0.2, 0.25) is 5.88 Å². The molecule has 2 aromatic carbocycles. The number of hydrogen-bond donors (Lipinski definition) is 1. The molecule has 0 bridgehead atoms. The molecular weight excluding hydrogens is 394 g/mol. The summed E-state index contributed by atoms with van der Waals surface area (Å²) in [4.78, 5) is 13.0. The molecule has 0 amide bonds. The Kier molecular flexibility index (Phi) is 6.47. The van der Waals surface area contributed by atoms with Gasteiger partial charge in [-0.15, -0.1) is 0 Å². The smallest absolute Gasteiger partial charge is 0.254 e. The van der Waals surface area contributed by atoms with Gasteiger partial charge in [0, 0.05) is 25.2 Å². The van der Waals surface area contributed by atoms with Crippen molar-refractivity contribution < 1.29 is 19.3 Å². The highest BCUT2D eigenvalue weighted by atomic mass is 16.5. The third-order valence-corrected chi connectivity index (χ3v) is 6.02. The number of nitrogens with zero attached hydrogens (tertiary/aromatic N) is 1. The average molecular weight is 424 g/mol. The predicted molar refractivity (Wildman–Crippen MR) is 120 cm³/mol. The van der Waals surface area contributed by atoms with Crippen LogP contribution in [0.1, 0.15) is 43.7 Å². The maximum Gasteiger partial charge on any atom is 0.254 e. The van der Waals surface area contributed by atoms with E-state index in [9.17, 15) is 9.90 Å². The van der Waals surface area contributed by atoms with Crippen LogP contribution >= 0.6 is 0 Å². The minimum Gasteiger partial charge on any atom is -0.494 e. The Balaban J connectivity index is 1.80. The van der Waals surface area contributed by atoms with E-state index in [-0.39, 0.29) is 17.5 Å². The van der Waals surface area contributed by atoms with E-state index in [0.29, 0.717) is 35.3 Å². The van der Waals surface area contributed by atoms with E-state index in [1.165, 1.54) is 17.4 Å². The van der Waals surface area contributed by atoms with Crippen LogP contribution < -0.4 is 15.0 Å². The highest BCUT2D eigenvalue weighted by Gasteiger charge is 2.23. The molecule has 1 heterocycles. The molecule has 1 aliphatic rings. The van der Waals surface area contributed by atoms with Crippen molar-refractivity contribution in [3.05, 3.63) is 64.4 Å². The second-order valence-electron chi connectivity index (χ2n) is 8.00. The fourth-order valence-corrected chi connectivity index (χ4v) is 4.42. The first-order valence-electron chi connectivity index (χ1n) is 10.8. The van der Waals surface area contributed by atoms with Crippen LogP contribution in [0.5, 0.6) is 17.4 Å². The zero-order chi connectivity index (χ0) is 21.8. The second-order valence-corrected chi connectivity index (χ2v) is 8.00. The average Bonchev–Trinajstić information content (AvgIpc) is 3.29. The Morgan fingerprint density at radius 3 is 2.58 bits per heavy atom. The lowest BCUT2D eigenvalue weighted by molar-refractivity contribution is 0.181. The van der Waals surface area contributed by atoms with Gasteiger partial charge in [0.05, 0.1) is 19.3 Å². The Labute approximate surface area is 182 Å². The molecule has 1 fully saturated rings. The molecular formula is C25H29NO5. The monoisotopic (exact) mass is 423 g/mol. The fourth-order valence-electron chi connectivity index (χ4n) is 4.42. The molecule has 3 aromatic rings. The molecule has 0 saturated heterocycles. The van der Waals surface area contributed by atoms with Crippen LogP contribution in [-0.2, 0) is 4.74 Å². The van der Waals surface area contributed by atoms with Gasteiger partial charge in [-0.2, -0.15) is 0 Å². The third kappa shape index (κ3) is 4.39. The van der Waals surface area contributed by atoms with Gasteiger partial charge in [0.15, 0.2) is 11.5 Å². The second kappa shape index (κ2) is 9.43. The number of aromatic hydroxyl groups is 1. The minimum absolute atomic E-state index is 0.0433. The van der Waals surface area contributed by atoms with Gasteiger partial charge >= 0.3 is 0 Å². The van der Waals surface area contributed by atoms with Gasteiger partial charge in [-0.1, -0.05) is 24.3 Å². The number of ether oxygens (including phenoxy) is 3. The summed E-state index contributed by atoms with van der Waals surface area (Å²) in [5.74, 6) is 1.29. The summed E-state index contributed by atoms with van der Waals surface area (Å²) in [5.41, 5.74) is 0.602. The lowest BCUT2D eigenvalue weighted by Gasteiger charge is -2.24. The minimum atomic E-state index is -0.408. The Morgan fingerprint density at radius 1 is 1.06 bits per heavy atom. The molecule has 0 aliphatic heterocycles. The topological polar surface area (TPSA) is 69.9 Å². The van der Waals surface area contributed by atoms with E-state index in [4.69, 9.17) is 14.2 Å². The highest BCUT2D eigenvalue weighted by Crippen LogP contribution is 2.37. The summed E-state index contributed by atoms with van der Waals surface area (Å²) in [7, 11) is 3.25. The van der Waals surface area contributed by atoms with Crippen molar-refractivity contribution in [1.29, 1.82) is 0 Å². The lowest BCUT2D eigenvalue weighted by atomic mass is 10.0. The van der Waals surface area contributed by atoms with Gasteiger partial charge in [0.25, 0.3) is 5.56 Å². The summed E-state index contributed by atoms with van der Waals surface area (Å²) in [6.45, 7) is 0.439. The van der Waals surface area contributed by atoms with Crippen LogP contribution in [0.15, 0.2) is 53.3 Å². The van der Waals surface area contributed by atoms with Crippen molar-refractivity contribution in [3.63, 3.8) is 0 Å². The third-order valence-electron chi connectivity index (χ3n) is 6.02. The van der Waals surface area contributed by atoms with E-state index in [1.807, 2.05) is 42.5 Å². The van der Waals surface area contributed by atoms with Crippen molar-refractivity contribution in [3.8, 4) is 17.4 Å². The van der Waals surface area contributed by atoms with Gasteiger partial charge in [-0.05, 0) is 61.3 Å². The van der Waals surface area contributed by atoms with Gasteiger partial charge in [-0.3, -0.25) is 9.36 Å². The quantitative estimate of drug-likeness (QED) is 0.571. The molecule has 1 aliphatic carbocycles. The van der Waals surface area contributed by atoms with E-state index in [0.717, 1.165) is 18.4 Å². The van der Waals surface area contributed by atoms with Crippen LogP contribution in [0.4, 0.5) is 0 Å². The number of hydrogen-bond acceptors (Lipinski definition) is 5. The molecule has 0 radical (unpaired) electrons. The van der Waals surface area contributed by atoms with E-state index in [1.54, 1.807) is 20.3 Å². The van der Waals surface area contributed by atoms with Gasteiger partial charge < -0.3 is 19.3 Å². The number of benzene rings is 2. The number of aromatic nitrogens is 1. The summed E-state index contributed by atoms with van der Waals surface area (Å²) in [6, 6.07) is 14.2. The molecule has 1 atom stereocenters. The number of pyridine rings is 1. The van der Waals surface area contributed by atoms with Gasteiger partial charge in [0.1, 0.15) is 0 Å². The molecule has 31 heavy (non-hydrogen) atoms. The summed E-state index contributed by atoms with van der Waals surface area (Å²) in [5, 5.41) is 12.4. The predicted octanol–water partition coefficient (Wildman–Crippen LogP) is 4.66. The van der Waals surface area contributed by atoms with Crippen molar-refractivity contribution >= 4 is 10.8 Å². The van der Waals surface area contributed by atoms with E-state index in [2.05, 4.69) is 0 Å². The van der Waals surface area contributed by atoms with Gasteiger partial charge in [-0.25, -0.2) is 0 Å². The van der Waals surface area contributed by atoms with Crippen molar-refractivity contribution in [2.75, 3.05) is 20.8 Å². The van der Waals surface area contributed by atoms with Crippen LogP contribution in [0.2, 0.25) is 0 Å². The first-order valence-corrected chi connectivity index (χ1v) is 10.8. The largest absolute Gasteiger partial charge is 0.494 e. The number of methoxy groups -OCH3 is 2. The van der Waals surface area contributed by atoms with Crippen LogP contribution in [-0.4, -0.2) is 36.6 Å².